The normalized spacial score (nSPS) is 28.7. The molecule has 1 rings (SSSR count). The maximum Gasteiger partial charge on any atom is 0.192 e. The number of aliphatic hydroxyl groups is 1. The van der Waals surface area contributed by atoms with Crippen molar-refractivity contribution in [3.8, 4) is 0 Å². The Morgan fingerprint density at radius 3 is 2.09 bits per heavy atom. The lowest BCUT2D eigenvalue weighted by atomic mass is 9.96. The summed E-state index contributed by atoms with van der Waals surface area (Å²) in [6, 6.07) is 0. The van der Waals surface area contributed by atoms with E-state index in [0.717, 1.165) is 6.29 Å². The first kappa shape index (κ1) is 19.8. The van der Waals surface area contributed by atoms with E-state index in [2.05, 4.69) is 33.9 Å². The summed E-state index contributed by atoms with van der Waals surface area (Å²) >= 11 is 0. The van der Waals surface area contributed by atoms with Gasteiger partial charge in [0, 0.05) is 17.9 Å². The third kappa shape index (κ3) is 5.15. The average Bonchev–Trinajstić information content (AvgIpc) is 2.67. The number of hydrogen-bond donors (Lipinski definition) is 1. The second-order valence-electron chi connectivity index (χ2n) is 9.06. The largest absolute Gasteiger partial charge is 0.414 e. The van der Waals surface area contributed by atoms with E-state index in [1.807, 2.05) is 20.8 Å². The van der Waals surface area contributed by atoms with Crippen molar-refractivity contribution in [2.45, 2.75) is 90.5 Å². The molecule has 1 aliphatic rings. The van der Waals surface area contributed by atoms with Crippen LogP contribution in [0.4, 0.5) is 0 Å². The summed E-state index contributed by atoms with van der Waals surface area (Å²) in [4.78, 5) is 11.4. The highest BCUT2D eigenvalue weighted by Gasteiger charge is 2.45. The third-order valence-corrected chi connectivity index (χ3v) is 9.44. The summed E-state index contributed by atoms with van der Waals surface area (Å²) < 4.78 is 12.1. The van der Waals surface area contributed by atoms with E-state index in [1.165, 1.54) is 0 Å². The third-order valence-electron chi connectivity index (χ3n) is 4.90. The molecule has 0 heterocycles. The Balaban J connectivity index is 2.75. The molecule has 0 radical (unpaired) electrons. The van der Waals surface area contributed by atoms with Crippen LogP contribution in [0.15, 0.2) is 0 Å². The first-order valence-corrected chi connectivity index (χ1v) is 11.2. The molecular weight excluding hydrogens is 296 g/mol. The lowest BCUT2D eigenvalue weighted by molar-refractivity contribution is -0.197. The Labute approximate surface area is 136 Å². The van der Waals surface area contributed by atoms with Crippen LogP contribution in [-0.4, -0.2) is 37.7 Å². The Hall–Kier alpha value is -0.233. The van der Waals surface area contributed by atoms with E-state index in [1.54, 1.807) is 0 Å². The zero-order valence-corrected chi connectivity index (χ0v) is 16.5. The highest BCUT2D eigenvalue weighted by molar-refractivity contribution is 6.74. The predicted molar refractivity (Wildman–Crippen MR) is 91.2 cm³/mol. The van der Waals surface area contributed by atoms with E-state index in [9.17, 15) is 9.90 Å². The topological polar surface area (TPSA) is 55.8 Å². The molecule has 0 bridgehead atoms. The van der Waals surface area contributed by atoms with Gasteiger partial charge in [-0.1, -0.05) is 20.8 Å². The number of aliphatic hydroxyl groups excluding tert-OH is 1. The van der Waals surface area contributed by atoms with E-state index in [-0.39, 0.29) is 23.0 Å². The van der Waals surface area contributed by atoms with Crippen molar-refractivity contribution in [3.05, 3.63) is 0 Å². The molecule has 0 aromatic heterocycles. The number of hydrogen-bond acceptors (Lipinski definition) is 4. The molecule has 0 saturated heterocycles. The highest BCUT2D eigenvalue weighted by atomic mass is 28.4. The highest BCUT2D eigenvalue weighted by Crippen LogP contribution is 2.42. The smallest absolute Gasteiger partial charge is 0.192 e. The molecule has 5 heteroatoms. The Kier molecular flexibility index (Phi) is 6.05. The summed E-state index contributed by atoms with van der Waals surface area (Å²) in [5.41, 5.74) is -0.425. The zero-order valence-electron chi connectivity index (χ0n) is 15.5. The van der Waals surface area contributed by atoms with Gasteiger partial charge in [-0.05, 0) is 51.7 Å². The van der Waals surface area contributed by atoms with Gasteiger partial charge in [-0.25, -0.2) is 0 Å². The summed E-state index contributed by atoms with van der Waals surface area (Å²) in [6.45, 7) is 16.8. The lowest BCUT2D eigenvalue weighted by Crippen LogP contribution is -2.43. The molecule has 1 N–H and O–H groups in total. The van der Waals surface area contributed by atoms with Crippen LogP contribution in [0.25, 0.3) is 0 Å². The number of ether oxygens (including phenoxy) is 1. The predicted octanol–water partition coefficient (Wildman–Crippen LogP) is 3.74. The van der Waals surface area contributed by atoms with Gasteiger partial charge in [0.1, 0.15) is 6.29 Å². The molecule has 2 unspecified atom stereocenters. The van der Waals surface area contributed by atoms with Crippen molar-refractivity contribution in [3.63, 3.8) is 0 Å². The molecule has 1 fully saturated rings. The fourth-order valence-electron chi connectivity index (χ4n) is 2.68. The molecule has 0 aliphatic heterocycles. The van der Waals surface area contributed by atoms with Gasteiger partial charge >= 0.3 is 0 Å². The quantitative estimate of drug-likeness (QED) is 0.474. The molecule has 0 amide bonds. The van der Waals surface area contributed by atoms with E-state index < -0.39 is 20.2 Å². The summed E-state index contributed by atoms with van der Waals surface area (Å²) in [5, 5.41) is 10.5. The first-order chi connectivity index (χ1) is 9.77. The van der Waals surface area contributed by atoms with Crippen LogP contribution in [0.2, 0.25) is 18.1 Å². The van der Waals surface area contributed by atoms with Crippen LogP contribution < -0.4 is 0 Å². The molecule has 22 heavy (non-hydrogen) atoms. The van der Waals surface area contributed by atoms with Gasteiger partial charge in [0.2, 0.25) is 0 Å². The molecular formula is C17H34O4Si. The van der Waals surface area contributed by atoms with Crippen LogP contribution in [0.1, 0.15) is 54.4 Å². The number of rotatable bonds is 5. The summed E-state index contributed by atoms with van der Waals surface area (Å²) in [7, 11) is -1.86. The van der Waals surface area contributed by atoms with Crippen molar-refractivity contribution in [2.75, 3.05) is 0 Å². The van der Waals surface area contributed by atoms with Crippen LogP contribution in [0.5, 0.6) is 0 Å². The summed E-state index contributed by atoms with van der Waals surface area (Å²) in [6.07, 6.45) is 1.45. The molecule has 0 aromatic rings. The molecule has 0 aromatic carbocycles. The van der Waals surface area contributed by atoms with Crippen molar-refractivity contribution in [1.82, 2.24) is 0 Å². The van der Waals surface area contributed by atoms with Gasteiger partial charge < -0.3 is 19.1 Å². The monoisotopic (exact) mass is 330 g/mol. The van der Waals surface area contributed by atoms with Gasteiger partial charge in [-0.2, -0.15) is 0 Å². The van der Waals surface area contributed by atoms with Crippen LogP contribution in [-0.2, 0) is 14.0 Å². The number of carbonyl (C=O) groups excluding carboxylic acids is 1. The van der Waals surface area contributed by atoms with Crippen LogP contribution in [0.3, 0.4) is 0 Å². The average molecular weight is 331 g/mol. The molecule has 1 aliphatic carbocycles. The standard InChI is InChI=1S/C17H34O4Si/c1-16(2,3)20-15(19)14-10-13(9-12(14)11-18)21-22(7,8)17(4,5)6/h11-15,19H,9-10H2,1-8H3/t12-,13+,14?,15?/m1/s1. The molecule has 4 atom stereocenters. The van der Waals surface area contributed by atoms with E-state index in [4.69, 9.17) is 9.16 Å². The molecule has 1 saturated carbocycles. The fourth-order valence-corrected chi connectivity index (χ4v) is 4.06. The fraction of sp³-hybridized carbons (Fsp3) is 0.941. The van der Waals surface area contributed by atoms with Crippen molar-refractivity contribution in [2.24, 2.45) is 11.8 Å². The minimum atomic E-state index is -1.86. The Morgan fingerprint density at radius 1 is 1.14 bits per heavy atom. The Morgan fingerprint density at radius 2 is 1.68 bits per heavy atom. The SMILES string of the molecule is CC(C)(C)OC(O)C1C[C@@H](O[Si](C)(C)C(C)(C)C)C[C@@H]1C=O. The van der Waals surface area contributed by atoms with Gasteiger partial charge in [0.25, 0.3) is 0 Å². The van der Waals surface area contributed by atoms with Crippen molar-refractivity contribution >= 4 is 14.6 Å². The van der Waals surface area contributed by atoms with Gasteiger partial charge in [0.05, 0.1) is 5.60 Å². The molecule has 130 valence electrons. The van der Waals surface area contributed by atoms with E-state index in [0.29, 0.717) is 12.8 Å². The van der Waals surface area contributed by atoms with Crippen molar-refractivity contribution in [1.29, 1.82) is 0 Å². The van der Waals surface area contributed by atoms with Gasteiger partial charge in [0.15, 0.2) is 14.6 Å². The second kappa shape index (κ2) is 6.71. The summed E-state index contributed by atoms with van der Waals surface area (Å²) in [5.74, 6) is -0.362. The van der Waals surface area contributed by atoms with Gasteiger partial charge in [-0.15, -0.1) is 0 Å². The van der Waals surface area contributed by atoms with Crippen molar-refractivity contribution < 1.29 is 19.1 Å². The van der Waals surface area contributed by atoms with Gasteiger partial charge in [-0.3, -0.25) is 0 Å². The minimum Gasteiger partial charge on any atom is -0.414 e. The Bertz CT molecular complexity index is 381. The van der Waals surface area contributed by atoms with E-state index >= 15 is 0 Å². The second-order valence-corrected chi connectivity index (χ2v) is 13.8. The zero-order chi connectivity index (χ0) is 17.3. The van der Waals surface area contributed by atoms with Crippen LogP contribution in [0, 0.1) is 11.8 Å². The number of carbonyl (C=O) groups is 1. The first-order valence-electron chi connectivity index (χ1n) is 8.26. The van der Waals surface area contributed by atoms with Crippen LogP contribution >= 0.6 is 0 Å². The molecule has 4 nitrogen and oxygen atoms in total. The number of aldehydes is 1. The molecule has 0 spiro atoms. The lowest BCUT2D eigenvalue weighted by Gasteiger charge is -2.38. The maximum absolute atomic E-state index is 11.4. The minimum absolute atomic E-state index is 0.0410. The maximum atomic E-state index is 11.4.